The Bertz CT molecular complexity index is 758. The number of rotatable bonds is 9. The third-order valence-electron chi connectivity index (χ3n) is 7.09. The maximum Gasteiger partial charge on any atom is 0.192 e. The van der Waals surface area contributed by atoms with Crippen LogP contribution in [0, 0.1) is 11.8 Å². The molecule has 1 aromatic rings. The first-order chi connectivity index (χ1) is 13.8. The molecule has 1 aliphatic carbocycles. The molecule has 0 bridgehead atoms. The molecular weight excluding hydrogens is 388 g/mol. The highest BCUT2D eigenvalue weighted by Crippen LogP contribution is 2.46. The molecule has 30 heavy (non-hydrogen) atoms. The van der Waals surface area contributed by atoms with Crippen LogP contribution in [0.1, 0.15) is 60.5 Å². The minimum absolute atomic E-state index is 0.0276. The predicted octanol–water partition coefficient (Wildman–Crippen LogP) is 6.59. The van der Waals surface area contributed by atoms with E-state index in [1.807, 2.05) is 19.9 Å². The van der Waals surface area contributed by atoms with Crippen molar-refractivity contribution in [2.75, 3.05) is 13.2 Å². The first-order valence-electron chi connectivity index (χ1n) is 11.4. The largest absolute Gasteiger partial charge is 0.416 e. The van der Waals surface area contributed by atoms with Gasteiger partial charge in [-0.3, -0.25) is 4.79 Å². The maximum absolute atomic E-state index is 13.6. The zero-order valence-corrected chi connectivity index (χ0v) is 21.6. The van der Waals surface area contributed by atoms with E-state index in [1.165, 1.54) is 11.1 Å². The van der Waals surface area contributed by atoms with Gasteiger partial charge in [0.2, 0.25) is 0 Å². The quantitative estimate of drug-likeness (QED) is 0.415. The van der Waals surface area contributed by atoms with Crippen LogP contribution in [-0.2, 0) is 20.4 Å². The second-order valence-corrected chi connectivity index (χ2v) is 15.4. The zero-order chi connectivity index (χ0) is 22.7. The van der Waals surface area contributed by atoms with Gasteiger partial charge in [-0.25, -0.2) is 0 Å². The van der Waals surface area contributed by atoms with E-state index in [-0.39, 0.29) is 22.7 Å². The average Bonchev–Trinajstić information content (AvgIpc) is 2.85. The molecule has 3 nitrogen and oxygen atoms in total. The Hall–Kier alpha value is -1.23. The summed E-state index contributed by atoms with van der Waals surface area (Å²) in [4.78, 5) is 13.6. The SMILES string of the molecule is CCO[C@]1(C)C(=O)C(C(C)C)=C(CCc2ccccc2)[C@H]1CO[Si](C)(C)C(C)(C)C. The van der Waals surface area contributed by atoms with E-state index in [0.717, 1.165) is 18.4 Å². The standard InChI is InChI=1S/C26H42O3Si/c1-10-28-26(7)22(18-29-30(8,9)25(4,5)6)21(23(19(2)3)24(26)27)17-16-20-14-12-11-13-15-20/h11-15,19,22H,10,16-18H2,1-9H3/t22-,26+/m1/s1. The number of benzene rings is 1. The van der Waals surface area contributed by atoms with Crippen molar-refractivity contribution in [2.45, 2.75) is 85.0 Å². The molecule has 0 saturated heterocycles. The lowest BCUT2D eigenvalue weighted by Crippen LogP contribution is -2.48. The van der Waals surface area contributed by atoms with Crippen molar-refractivity contribution in [1.82, 2.24) is 0 Å². The Morgan fingerprint density at radius 3 is 2.20 bits per heavy atom. The lowest BCUT2D eigenvalue weighted by atomic mass is 9.86. The van der Waals surface area contributed by atoms with Crippen LogP contribution in [0.2, 0.25) is 18.1 Å². The van der Waals surface area contributed by atoms with E-state index >= 15 is 0 Å². The lowest BCUT2D eigenvalue weighted by Gasteiger charge is -2.39. The van der Waals surface area contributed by atoms with Gasteiger partial charge in [0.1, 0.15) is 5.60 Å². The molecule has 4 heteroatoms. The van der Waals surface area contributed by atoms with Gasteiger partial charge in [-0.1, -0.05) is 70.5 Å². The van der Waals surface area contributed by atoms with Crippen LogP contribution in [0.25, 0.3) is 0 Å². The third-order valence-corrected chi connectivity index (χ3v) is 11.6. The molecule has 0 N–H and O–H groups in total. The molecule has 0 aliphatic heterocycles. The zero-order valence-electron chi connectivity index (χ0n) is 20.6. The summed E-state index contributed by atoms with van der Waals surface area (Å²) in [7, 11) is -1.94. The van der Waals surface area contributed by atoms with Gasteiger partial charge in [-0.15, -0.1) is 0 Å². The summed E-state index contributed by atoms with van der Waals surface area (Å²) < 4.78 is 12.8. The fourth-order valence-corrected chi connectivity index (χ4v) is 5.21. The molecule has 2 rings (SSSR count). The second kappa shape index (κ2) is 9.50. The Morgan fingerprint density at radius 2 is 1.70 bits per heavy atom. The van der Waals surface area contributed by atoms with Crippen LogP contribution in [0.5, 0.6) is 0 Å². The van der Waals surface area contributed by atoms with Gasteiger partial charge in [0, 0.05) is 24.7 Å². The van der Waals surface area contributed by atoms with E-state index in [0.29, 0.717) is 13.2 Å². The van der Waals surface area contributed by atoms with Crippen molar-refractivity contribution in [2.24, 2.45) is 11.8 Å². The summed E-state index contributed by atoms with van der Waals surface area (Å²) in [5, 5.41) is 0.131. The highest BCUT2D eigenvalue weighted by Gasteiger charge is 2.53. The molecule has 0 unspecified atom stereocenters. The normalized spacial score (nSPS) is 23.0. The molecule has 2 atom stereocenters. The number of hydrogen-bond donors (Lipinski definition) is 0. The van der Waals surface area contributed by atoms with Crippen LogP contribution < -0.4 is 0 Å². The van der Waals surface area contributed by atoms with Crippen molar-refractivity contribution in [1.29, 1.82) is 0 Å². The number of Topliss-reactive ketones (excluding diaryl/α,β-unsaturated/α-hetero) is 1. The number of carbonyl (C=O) groups is 1. The van der Waals surface area contributed by atoms with E-state index in [4.69, 9.17) is 9.16 Å². The summed E-state index contributed by atoms with van der Waals surface area (Å²) in [6.45, 7) is 20.6. The Morgan fingerprint density at radius 1 is 1.10 bits per heavy atom. The van der Waals surface area contributed by atoms with E-state index in [9.17, 15) is 4.79 Å². The molecular formula is C26H42O3Si. The van der Waals surface area contributed by atoms with Crippen molar-refractivity contribution in [3.8, 4) is 0 Å². The van der Waals surface area contributed by atoms with Crippen molar-refractivity contribution < 1.29 is 14.0 Å². The van der Waals surface area contributed by atoms with Gasteiger partial charge in [-0.05, 0) is 56.3 Å². The molecule has 0 spiro atoms. The van der Waals surface area contributed by atoms with Gasteiger partial charge >= 0.3 is 0 Å². The lowest BCUT2D eigenvalue weighted by molar-refractivity contribution is -0.142. The molecule has 0 radical (unpaired) electrons. The minimum atomic E-state index is -1.94. The Balaban J connectivity index is 2.40. The second-order valence-electron chi connectivity index (χ2n) is 10.6. The molecule has 0 saturated carbocycles. The van der Waals surface area contributed by atoms with Crippen molar-refractivity contribution in [3.63, 3.8) is 0 Å². The number of ether oxygens (including phenoxy) is 1. The summed E-state index contributed by atoms with van der Waals surface area (Å²) in [5.41, 5.74) is 2.68. The first-order valence-corrected chi connectivity index (χ1v) is 14.4. The van der Waals surface area contributed by atoms with Gasteiger partial charge in [0.05, 0.1) is 0 Å². The smallest absolute Gasteiger partial charge is 0.192 e. The number of aryl methyl sites for hydroxylation is 1. The Kier molecular flexibility index (Phi) is 7.92. The topological polar surface area (TPSA) is 35.5 Å². The predicted molar refractivity (Wildman–Crippen MR) is 128 cm³/mol. The monoisotopic (exact) mass is 430 g/mol. The molecule has 1 aromatic carbocycles. The van der Waals surface area contributed by atoms with Crippen LogP contribution in [-0.4, -0.2) is 32.9 Å². The van der Waals surface area contributed by atoms with Gasteiger partial charge in [0.25, 0.3) is 0 Å². The van der Waals surface area contributed by atoms with Crippen LogP contribution >= 0.6 is 0 Å². The average molecular weight is 431 g/mol. The van der Waals surface area contributed by atoms with E-state index < -0.39 is 13.9 Å². The van der Waals surface area contributed by atoms with Gasteiger partial charge in [0.15, 0.2) is 14.1 Å². The molecule has 0 amide bonds. The van der Waals surface area contributed by atoms with Crippen molar-refractivity contribution in [3.05, 3.63) is 47.0 Å². The Labute approximate surface area is 185 Å². The first kappa shape index (κ1) is 25.0. The van der Waals surface area contributed by atoms with E-state index in [1.54, 1.807) is 0 Å². The molecule has 1 aliphatic rings. The fraction of sp³-hybridized carbons (Fsp3) is 0.654. The molecule has 168 valence electrons. The highest BCUT2D eigenvalue weighted by molar-refractivity contribution is 6.74. The fourth-order valence-electron chi connectivity index (χ4n) is 4.19. The minimum Gasteiger partial charge on any atom is -0.416 e. The van der Waals surface area contributed by atoms with Crippen LogP contribution in [0.15, 0.2) is 41.5 Å². The molecule has 0 heterocycles. The molecule has 0 aromatic heterocycles. The number of hydrogen-bond acceptors (Lipinski definition) is 3. The van der Waals surface area contributed by atoms with Gasteiger partial charge < -0.3 is 9.16 Å². The molecule has 0 fully saturated rings. The summed E-state index contributed by atoms with van der Waals surface area (Å²) in [5.74, 6) is 0.312. The van der Waals surface area contributed by atoms with Gasteiger partial charge in [-0.2, -0.15) is 0 Å². The van der Waals surface area contributed by atoms with Crippen molar-refractivity contribution >= 4 is 14.1 Å². The van der Waals surface area contributed by atoms with Crippen LogP contribution in [0.4, 0.5) is 0 Å². The third kappa shape index (κ3) is 5.15. The highest BCUT2D eigenvalue weighted by atomic mass is 28.4. The maximum atomic E-state index is 13.6. The summed E-state index contributed by atoms with van der Waals surface area (Å²) in [6.07, 6.45) is 1.80. The summed E-state index contributed by atoms with van der Waals surface area (Å²) >= 11 is 0. The van der Waals surface area contributed by atoms with E-state index in [2.05, 4.69) is 72.0 Å². The van der Waals surface area contributed by atoms with Crippen LogP contribution in [0.3, 0.4) is 0 Å². The number of ketones is 1. The number of carbonyl (C=O) groups excluding carboxylic acids is 1. The summed E-state index contributed by atoms with van der Waals surface area (Å²) in [6, 6.07) is 10.5.